The fourth-order valence-corrected chi connectivity index (χ4v) is 1.14. The highest BCUT2D eigenvalue weighted by Gasteiger charge is 2.05. The van der Waals surface area contributed by atoms with Crippen molar-refractivity contribution in [3.63, 3.8) is 0 Å². The minimum atomic E-state index is -0.455. The molecule has 1 N–H and O–H groups in total. The summed E-state index contributed by atoms with van der Waals surface area (Å²) < 4.78 is 6.08. The number of amides is 1. The van der Waals surface area contributed by atoms with Crippen LogP contribution in [-0.2, 0) is 20.9 Å². The number of carbonyl (C=O) groups excluding carboxylic acids is 2. The molecule has 0 aliphatic heterocycles. The summed E-state index contributed by atoms with van der Waals surface area (Å²) in [4.78, 5) is 22.0. The van der Waals surface area contributed by atoms with E-state index >= 15 is 0 Å². The number of aromatic nitrogens is 2. The fourth-order valence-electron chi connectivity index (χ4n) is 1.14. The molecule has 1 aromatic heterocycles. The quantitative estimate of drug-likeness (QED) is 0.708. The first-order valence-electron chi connectivity index (χ1n) is 4.94. The third kappa shape index (κ3) is 4.12. The van der Waals surface area contributed by atoms with Crippen molar-refractivity contribution in [2.45, 2.75) is 19.9 Å². The maximum Gasteiger partial charge on any atom is 0.325 e. The van der Waals surface area contributed by atoms with E-state index in [1.54, 1.807) is 10.9 Å². The highest BCUT2D eigenvalue weighted by atomic mass is 16.5. The molecule has 0 aliphatic carbocycles. The van der Waals surface area contributed by atoms with E-state index in [-0.39, 0.29) is 18.9 Å². The van der Waals surface area contributed by atoms with Gasteiger partial charge in [0, 0.05) is 19.2 Å². The molecule has 0 atom stereocenters. The number of nitrogens with zero attached hydrogens (tertiary/aromatic N) is 2. The van der Waals surface area contributed by atoms with Gasteiger partial charge >= 0.3 is 5.97 Å². The Morgan fingerprint density at radius 2 is 2.31 bits per heavy atom. The number of aryl methyl sites for hydroxylation is 2. The molecule has 1 aromatic rings. The molecular formula is C10H15N3O3. The summed E-state index contributed by atoms with van der Waals surface area (Å²) in [5.74, 6) is -0.651. The number of esters is 1. The smallest absolute Gasteiger partial charge is 0.325 e. The number of methoxy groups -OCH3 is 1. The topological polar surface area (TPSA) is 73.2 Å². The second-order valence-corrected chi connectivity index (χ2v) is 3.38. The Morgan fingerprint density at radius 3 is 2.88 bits per heavy atom. The van der Waals surface area contributed by atoms with Gasteiger partial charge in [-0.25, -0.2) is 0 Å². The van der Waals surface area contributed by atoms with Crippen molar-refractivity contribution in [1.29, 1.82) is 0 Å². The van der Waals surface area contributed by atoms with Crippen LogP contribution in [0.15, 0.2) is 12.4 Å². The number of rotatable bonds is 5. The van der Waals surface area contributed by atoms with Gasteiger partial charge in [-0.1, -0.05) is 0 Å². The van der Waals surface area contributed by atoms with E-state index < -0.39 is 5.97 Å². The van der Waals surface area contributed by atoms with Gasteiger partial charge in [0.25, 0.3) is 0 Å². The Kier molecular flexibility index (Phi) is 4.50. The lowest BCUT2D eigenvalue weighted by Crippen LogP contribution is -2.30. The lowest BCUT2D eigenvalue weighted by molar-refractivity contribution is -0.141. The van der Waals surface area contributed by atoms with Crippen molar-refractivity contribution in [2.24, 2.45) is 0 Å². The fraction of sp³-hybridized carbons (Fsp3) is 0.500. The Bertz CT molecular complexity index is 373. The third-order valence-corrected chi connectivity index (χ3v) is 1.99. The molecule has 1 rings (SSSR count). The van der Waals surface area contributed by atoms with Gasteiger partial charge in [0.2, 0.25) is 5.91 Å². The van der Waals surface area contributed by atoms with E-state index in [4.69, 9.17) is 0 Å². The first-order valence-corrected chi connectivity index (χ1v) is 4.94. The van der Waals surface area contributed by atoms with Crippen LogP contribution in [0.1, 0.15) is 12.0 Å². The van der Waals surface area contributed by atoms with Crippen molar-refractivity contribution in [2.75, 3.05) is 13.7 Å². The molecule has 0 aromatic carbocycles. The SMILES string of the molecule is COC(=O)CNC(=O)CCn1cc(C)cn1. The van der Waals surface area contributed by atoms with Crippen LogP contribution in [0.4, 0.5) is 0 Å². The molecule has 0 saturated carbocycles. The summed E-state index contributed by atoms with van der Waals surface area (Å²) >= 11 is 0. The molecule has 1 heterocycles. The minimum Gasteiger partial charge on any atom is -0.468 e. The van der Waals surface area contributed by atoms with E-state index in [0.29, 0.717) is 6.54 Å². The molecule has 0 spiro atoms. The van der Waals surface area contributed by atoms with Crippen LogP contribution >= 0.6 is 0 Å². The van der Waals surface area contributed by atoms with Gasteiger partial charge in [0.1, 0.15) is 6.54 Å². The molecule has 0 radical (unpaired) electrons. The average Bonchev–Trinajstić information content (AvgIpc) is 2.69. The van der Waals surface area contributed by atoms with Gasteiger partial charge in [-0.05, 0) is 12.5 Å². The average molecular weight is 225 g/mol. The second kappa shape index (κ2) is 5.89. The van der Waals surface area contributed by atoms with Crippen molar-refractivity contribution in [1.82, 2.24) is 15.1 Å². The second-order valence-electron chi connectivity index (χ2n) is 3.38. The molecule has 0 unspecified atom stereocenters. The van der Waals surface area contributed by atoms with E-state index in [0.717, 1.165) is 5.56 Å². The van der Waals surface area contributed by atoms with Crippen molar-refractivity contribution >= 4 is 11.9 Å². The van der Waals surface area contributed by atoms with E-state index in [1.807, 2.05) is 13.1 Å². The summed E-state index contributed by atoms with van der Waals surface area (Å²) in [6, 6.07) is 0. The standard InChI is InChI=1S/C10H15N3O3/c1-8-5-12-13(7-8)4-3-9(14)11-6-10(15)16-2/h5,7H,3-4,6H2,1-2H3,(H,11,14). The molecule has 6 heteroatoms. The van der Waals surface area contributed by atoms with Crippen LogP contribution in [0.25, 0.3) is 0 Å². The van der Waals surface area contributed by atoms with Gasteiger partial charge in [-0.3, -0.25) is 14.3 Å². The summed E-state index contributed by atoms with van der Waals surface area (Å²) in [5.41, 5.74) is 1.05. The predicted octanol–water partition coefficient (Wildman–Crippen LogP) is -0.129. The molecular weight excluding hydrogens is 210 g/mol. The Morgan fingerprint density at radius 1 is 1.56 bits per heavy atom. The Balaban J connectivity index is 2.22. The first kappa shape index (κ1) is 12.2. The van der Waals surface area contributed by atoms with Gasteiger partial charge in [0.05, 0.1) is 13.3 Å². The molecule has 0 fully saturated rings. The van der Waals surface area contributed by atoms with E-state index in [2.05, 4.69) is 15.2 Å². The largest absolute Gasteiger partial charge is 0.468 e. The van der Waals surface area contributed by atoms with Crippen LogP contribution < -0.4 is 5.32 Å². The summed E-state index contributed by atoms with van der Waals surface area (Å²) in [5, 5.41) is 6.50. The number of hydrogen-bond acceptors (Lipinski definition) is 4. The van der Waals surface area contributed by atoms with Crippen molar-refractivity contribution in [3.8, 4) is 0 Å². The molecule has 0 saturated heterocycles. The zero-order valence-electron chi connectivity index (χ0n) is 9.40. The molecule has 1 amide bonds. The van der Waals surface area contributed by atoms with Crippen molar-refractivity contribution in [3.05, 3.63) is 18.0 Å². The molecule has 0 aliphatic rings. The van der Waals surface area contributed by atoms with Crippen molar-refractivity contribution < 1.29 is 14.3 Å². The highest BCUT2D eigenvalue weighted by Crippen LogP contribution is 1.95. The number of nitrogens with one attached hydrogen (secondary N) is 1. The van der Waals surface area contributed by atoms with Gasteiger partial charge in [-0.2, -0.15) is 5.10 Å². The number of ether oxygens (including phenoxy) is 1. The normalized spacial score (nSPS) is 9.88. The third-order valence-electron chi connectivity index (χ3n) is 1.99. The van der Waals surface area contributed by atoms with E-state index in [1.165, 1.54) is 7.11 Å². The number of hydrogen-bond donors (Lipinski definition) is 1. The van der Waals surface area contributed by atoms with Crippen LogP contribution in [0, 0.1) is 6.92 Å². The summed E-state index contributed by atoms with van der Waals surface area (Å²) in [6.07, 6.45) is 3.87. The molecule has 0 bridgehead atoms. The minimum absolute atomic E-state index is 0.0898. The first-order chi connectivity index (χ1) is 7.61. The highest BCUT2D eigenvalue weighted by molar-refractivity contribution is 5.81. The Labute approximate surface area is 93.6 Å². The van der Waals surface area contributed by atoms with Crippen LogP contribution in [0.3, 0.4) is 0 Å². The van der Waals surface area contributed by atoms with E-state index in [9.17, 15) is 9.59 Å². The molecule has 6 nitrogen and oxygen atoms in total. The summed E-state index contributed by atoms with van der Waals surface area (Å²) in [7, 11) is 1.28. The van der Waals surface area contributed by atoms with Crippen LogP contribution in [-0.4, -0.2) is 35.3 Å². The van der Waals surface area contributed by atoms with Gasteiger partial charge in [0.15, 0.2) is 0 Å². The number of carbonyl (C=O) groups is 2. The lowest BCUT2D eigenvalue weighted by Gasteiger charge is -2.03. The van der Waals surface area contributed by atoms with Crippen LogP contribution in [0.5, 0.6) is 0 Å². The molecule has 16 heavy (non-hydrogen) atoms. The maximum atomic E-state index is 11.3. The Hall–Kier alpha value is -1.85. The predicted molar refractivity (Wildman–Crippen MR) is 56.6 cm³/mol. The van der Waals surface area contributed by atoms with Gasteiger partial charge < -0.3 is 10.1 Å². The summed E-state index contributed by atoms with van der Waals surface area (Å²) in [6.45, 7) is 2.34. The molecule has 88 valence electrons. The lowest BCUT2D eigenvalue weighted by atomic mass is 10.4. The zero-order chi connectivity index (χ0) is 12.0. The zero-order valence-corrected chi connectivity index (χ0v) is 9.40. The maximum absolute atomic E-state index is 11.3. The van der Waals surface area contributed by atoms with Gasteiger partial charge in [-0.15, -0.1) is 0 Å². The van der Waals surface area contributed by atoms with Crippen LogP contribution in [0.2, 0.25) is 0 Å². The monoisotopic (exact) mass is 225 g/mol.